The van der Waals surface area contributed by atoms with E-state index < -0.39 is 0 Å². The number of rotatable bonds is 4. The van der Waals surface area contributed by atoms with Gasteiger partial charge < -0.3 is 4.90 Å². The predicted molar refractivity (Wildman–Crippen MR) is 125 cm³/mol. The van der Waals surface area contributed by atoms with Crippen LogP contribution in [-0.2, 0) is 0 Å². The third-order valence-corrected chi connectivity index (χ3v) is 6.93. The monoisotopic (exact) mass is 422 g/mol. The number of benzene rings is 2. The molecule has 0 radical (unpaired) electrons. The number of halogens is 1. The fourth-order valence-electron chi connectivity index (χ4n) is 5.18. The van der Waals surface area contributed by atoms with Crippen molar-refractivity contribution in [2.45, 2.75) is 50.9 Å². The molecule has 2 unspecified atom stereocenters. The second-order valence-corrected chi connectivity index (χ2v) is 9.12. The van der Waals surface area contributed by atoms with Gasteiger partial charge in [0, 0.05) is 42.5 Å². The van der Waals surface area contributed by atoms with Crippen LogP contribution in [0.25, 0.3) is 0 Å². The number of aliphatic imine (C=N–C) groups is 1. The summed E-state index contributed by atoms with van der Waals surface area (Å²) in [6.07, 6.45) is 8.20. The Balaban J connectivity index is 1.59. The molecule has 3 heterocycles. The maximum Gasteiger partial charge on any atom is 0.139 e. The second-order valence-electron chi connectivity index (χ2n) is 8.69. The molecule has 0 spiro atoms. The third kappa shape index (κ3) is 4.01. The summed E-state index contributed by atoms with van der Waals surface area (Å²) < 4.78 is 0. The van der Waals surface area contributed by atoms with Crippen molar-refractivity contribution in [2.75, 3.05) is 31.1 Å². The van der Waals surface area contributed by atoms with Crippen molar-refractivity contribution in [3.63, 3.8) is 0 Å². The lowest BCUT2D eigenvalue weighted by molar-refractivity contribution is 0.0696. The van der Waals surface area contributed by atoms with Gasteiger partial charge in [-0.15, -0.1) is 0 Å². The van der Waals surface area contributed by atoms with Gasteiger partial charge in [-0.2, -0.15) is 0 Å². The molecule has 2 aromatic rings. The summed E-state index contributed by atoms with van der Waals surface area (Å²) in [6, 6.07) is 19.0. The molecule has 0 aromatic heterocycles. The van der Waals surface area contributed by atoms with E-state index in [-0.39, 0.29) is 12.3 Å². The standard InChI is InChI=1S/C25H31ClN4/c26-21-12-14-22(15-13-21)30-23(20-10-4-1-5-11-20)27-24(28-16-6-2-7-17-28)25(30)29-18-8-3-9-19-29/h1,4-5,10-15,24-25H,2-3,6-9,16-19H2. The van der Waals surface area contributed by atoms with Crippen molar-refractivity contribution >= 4 is 23.1 Å². The molecule has 0 bridgehead atoms. The Kier molecular flexibility index (Phi) is 6.07. The van der Waals surface area contributed by atoms with E-state index in [1.54, 1.807) is 0 Å². The first-order chi connectivity index (χ1) is 14.8. The highest BCUT2D eigenvalue weighted by Gasteiger charge is 2.44. The van der Waals surface area contributed by atoms with Crippen molar-refractivity contribution in [2.24, 2.45) is 4.99 Å². The van der Waals surface area contributed by atoms with Gasteiger partial charge in [-0.25, -0.2) is 4.99 Å². The number of anilines is 1. The minimum Gasteiger partial charge on any atom is -0.306 e. The molecule has 0 aliphatic carbocycles. The van der Waals surface area contributed by atoms with E-state index in [1.165, 1.54) is 49.8 Å². The predicted octanol–water partition coefficient (Wildman–Crippen LogP) is 5.23. The Morgan fingerprint density at radius 1 is 0.700 bits per heavy atom. The van der Waals surface area contributed by atoms with Crippen molar-refractivity contribution < 1.29 is 0 Å². The number of likely N-dealkylation sites (tertiary alicyclic amines) is 2. The van der Waals surface area contributed by atoms with Crippen LogP contribution in [0.5, 0.6) is 0 Å². The Hall–Kier alpha value is -1.88. The molecule has 4 nitrogen and oxygen atoms in total. The van der Waals surface area contributed by atoms with Gasteiger partial charge in [0.05, 0.1) is 0 Å². The number of hydrogen-bond acceptors (Lipinski definition) is 4. The summed E-state index contributed by atoms with van der Waals surface area (Å²) in [5.74, 6) is 1.09. The molecule has 5 heteroatoms. The number of hydrogen-bond donors (Lipinski definition) is 0. The maximum atomic E-state index is 6.24. The molecule has 30 heavy (non-hydrogen) atoms. The summed E-state index contributed by atoms with van der Waals surface area (Å²) in [4.78, 5) is 13.2. The van der Waals surface area contributed by atoms with Crippen LogP contribution in [0.15, 0.2) is 59.6 Å². The SMILES string of the molecule is Clc1ccc(N2C(c3ccccc3)=NC(N3CCCCC3)C2N2CCCCC2)cc1. The summed E-state index contributed by atoms with van der Waals surface area (Å²) in [5.41, 5.74) is 2.37. The fraction of sp³-hybridized carbons (Fsp3) is 0.480. The van der Waals surface area contributed by atoms with Crippen LogP contribution in [0.2, 0.25) is 5.02 Å². The molecule has 158 valence electrons. The van der Waals surface area contributed by atoms with Gasteiger partial charge in [0.1, 0.15) is 18.2 Å². The Labute approximate surface area is 185 Å². The number of amidine groups is 1. The highest BCUT2D eigenvalue weighted by molar-refractivity contribution is 6.30. The molecule has 2 fully saturated rings. The van der Waals surface area contributed by atoms with E-state index >= 15 is 0 Å². The minimum absolute atomic E-state index is 0.175. The molecule has 2 saturated heterocycles. The van der Waals surface area contributed by atoms with Crippen LogP contribution in [0, 0.1) is 0 Å². The highest BCUT2D eigenvalue weighted by atomic mass is 35.5. The van der Waals surface area contributed by atoms with E-state index in [2.05, 4.69) is 57.2 Å². The first kappa shape index (κ1) is 20.0. The molecule has 5 rings (SSSR count). The average Bonchev–Trinajstić information content (AvgIpc) is 3.22. The van der Waals surface area contributed by atoms with Crippen molar-refractivity contribution in [1.29, 1.82) is 0 Å². The third-order valence-electron chi connectivity index (χ3n) is 6.68. The van der Waals surface area contributed by atoms with Crippen LogP contribution in [0.4, 0.5) is 5.69 Å². The van der Waals surface area contributed by atoms with E-state index in [0.29, 0.717) is 0 Å². The highest BCUT2D eigenvalue weighted by Crippen LogP contribution is 2.34. The Morgan fingerprint density at radius 3 is 1.93 bits per heavy atom. The second kappa shape index (κ2) is 9.09. The molecular formula is C25H31ClN4. The smallest absolute Gasteiger partial charge is 0.139 e. The van der Waals surface area contributed by atoms with Gasteiger partial charge >= 0.3 is 0 Å². The Morgan fingerprint density at radius 2 is 1.30 bits per heavy atom. The summed E-state index contributed by atoms with van der Waals surface area (Å²) in [7, 11) is 0. The molecule has 3 aliphatic rings. The van der Waals surface area contributed by atoms with Crippen LogP contribution in [0.3, 0.4) is 0 Å². The van der Waals surface area contributed by atoms with E-state index in [0.717, 1.165) is 37.0 Å². The van der Waals surface area contributed by atoms with Crippen molar-refractivity contribution in [3.05, 3.63) is 65.2 Å². The molecule has 2 aromatic carbocycles. The molecule has 3 aliphatic heterocycles. The minimum atomic E-state index is 0.175. The number of piperidine rings is 2. The van der Waals surface area contributed by atoms with Crippen molar-refractivity contribution in [1.82, 2.24) is 9.80 Å². The van der Waals surface area contributed by atoms with Gasteiger partial charge in [-0.3, -0.25) is 9.80 Å². The van der Waals surface area contributed by atoms with Gasteiger partial charge in [0.2, 0.25) is 0 Å². The molecular weight excluding hydrogens is 392 g/mol. The lowest BCUT2D eigenvalue weighted by atomic mass is 10.1. The first-order valence-corrected chi connectivity index (χ1v) is 11.9. The normalized spacial score (nSPS) is 26.0. The topological polar surface area (TPSA) is 22.1 Å². The largest absolute Gasteiger partial charge is 0.306 e. The molecule has 0 saturated carbocycles. The first-order valence-electron chi connectivity index (χ1n) is 11.5. The van der Waals surface area contributed by atoms with Crippen LogP contribution in [0.1, 0.15) is 44.1 Å². The van der Waals surface area contributed by atoms with E-state index in [4.69, 9.17) is 16.6 Å². The summed E-state index contributed by atoms with van der Waals surface area (Å²) in [5, 5.41) is 0.776. The summed E-state index contributed by atoms with van der Waals surface area (Å²) in [6.45, 7) is 4.59. The van der Waals surface area contributed by atoms with E-state index in [1.807, 2.05) is 12.1 Å². The van der Waals surface area contributed by atoms with E-state index in [9.17, 15) is 0 Å². The molecule has 0 amide bonds. The zero-order valence-electron chi connectivity index (χ0n) is 17.6. The zero-order valence-corrected chi connectivity index (χ0v) is 18.3. The fourth-order valence-corrected chi connectivity index (χ4v) is 5.30. The van der Waals surface area contributed by atoms with Crippen molar-refractivity contribution in [3.8, 4) is 0 Å². The van der Waals surface area contributed by atoms with Gasteiger partial charge in [-0.05, 0) is 49.9 Å². The lowest BCUT2D eigenvalue weighted by Gasteiger charge is -2.44. The summed E-state index contributed by atoms with van der Waals surface area (Å²) >= 11 is 6.24. The lowest BCUT2D eigenvalue weighted by Crippen LogP contribution is -2.58. The average molecular weight is 423 g/mol. The zero-order chi connectivity index (χ0) is 20.3. The van der Waals surface area contributed by atoms with Gasteiger partial charge in [-0.1, -0.05) is 54.8 Å². The Bertz CT molecular complexity index is 854. The quantitative estimate of drug-likeness (QED) is 0.673. The number of nitrogens with zero attached hydrogens (tertiary/aromatic N) is 4. The van der Waals surface area contributed by atoms with Crippen LogP contribution >= 0.6 is 11.6 Å². The van der Waals surface area contributed by atoms with Crippen LogP contribution < -0.4 is 4.90 Å². The molecule has 0 N–H and O–H groups in total. The maximum absolute atomic E-state index is 6.24. The van der Waals surface area contributed by atoms with Gasteiger partial charge in [0.25, 0.3) is 0 Å². The molecule has 2 atom stereocenters. The van der Waals surface area contributed by atoms with Crippen LogP contribution in [-0.4, -0.2) is 54.1 Å². The van der Waals surface area contributed by atoms with Gasteiger partial charge in [0.15, 0.2) is 0 Å².